The van der Waals surface area contributed by atoms with E-state index in [1.54, 1.807) is 6.92 Å². The van der Waals surface area contributed by atoms with E-state index in [4.69, 9.17) is 21.1 Å². The molecule has 0 bridgehead atoms. The van der Waals surface area contributed by atoms with E-state index in [-0.39, 0.29) is 29.2 Å². The number of amides is 1. The molecule has 5 nitrogen and oxygen atoms in total. The van der Waals surface area contributed by atoms with Crippen LogP contribution < -0.4 is 0 Å². The Labute approximate surface area is 137 Å². The number of aromatic carboxylic acids is 1. The van der Waals surface area contributed by atoms with Crippen LogP contribution >= 0.6 is 11.6 Å². The van der Waals surface area contributed by atoms with Crippen LogP contribution in [0, 0.1) is 5.82 Å². The summed E-state index contributed by atoms with van der Waals surface area (Å²) in [5, 5.41) is 9.45. The van der Waals surface area contributed by atoms with Gasteiger partial charge in [0.15, 0.2) is 5.76 Å². The Bertz CT molecular complexity index is 757. The maximum atomic E-state index is 13.7. The van der Waals surface area contributed by atoms with Gasteiger partial charge in [-0.05, 0) is 18.2 Å². The molecule has 0 fully saturated rings. The number of carboxylic acids is 1. The fourth-order valence-corrected chi connectivity index (χ4v) is 2.35. The van der Waals surface area contributed by atoms with Crippen molar-refractivity contribution in [2.24, 2.45) is 0 Å². The first-order valence-electron chi connectivity index (χ1n) is 6.88. The summed E-state index contributed by atoms with van der Waals surface area (Å²) >= 11 is 5.82. The maximum absolute atomic E-state index is 13.7. The molecule has 0 aliphatic carbocycles. The SMILES string of the molecule is CCc1oc(C(=O)N(C)Cc2cc(Cl)ccc2F)cc1C(=O)O. The quantitative estimate of drug-likeness (QED) is 0.903. The molecular weight excluding hydrogens is 325 g/mol. The molecule has 2 rings (SSSR count). The first kappa shape index (κ1) is 17.0. The molecule has 1 aromatic carbocycles. The third-order valence-electron chi connectivity index (χ3n) is 3.33. The van der Waals surface area contributed by atoms with Crippen molar-refractivity contribution in [2.75, 3.05) is 7.05 Å². The molecule has 0 spiro atoms. The van der Waals surface area contributed by atoms with Crippen molar-refractivity contribution in [1.29, 1.82) is 0 Å². The first-order chi connectivity index (χ1) is 10.8. The Kier molecular flexibility index (Phi) is 5.05. The second kappa shape index (κ2) is 6.83. The normalized spacial score (nSPS) is 10.6. The van der Waals surface area contributed by atoms with Crippen molar-refractivity contribution >= 4 is 23.5 Å². The van der Waals surface area contributed by atoms with Crippen LogP contribution in [0.2, 0.25) is 5.02 Å². The van der Waals surface area contributed by atoms with E-state index in [9.17, 15) is 14.0 Å². The van der Waals surface area contributed by atoms with E-state index >= 15 is 0 Å². The van der Waals surface area contributed by atoms with Gasteiger partial charge in [-0.1, -0.05) is 18.5 Å². The maximum Gasteiger partial charge on any atom is 0.339 e. The summed E-state index contributed by atoms with van der Waals surface area (Å²) in [6, 6.07) is 5.26. The average Bonchev–Trinajstić information content (AvgIpc) is 2.94. The minimum atomic E-state index is -1.16. The number of carbonyl (C=O) groups excluding carboxylic acids is 1. The van der Waals surface area contributed by atoms with Crippen LogP contribution in [0.25, 0.3) is 0 Å². The van der Waals surface area contributed by atoms with Crippen LogP contribution in [0.1, 0.15) is 39.2 Å². The van der Waals surface area contributed by atoms with E-state index < -0.39 is 17.7 Å². The number of nitrogens with zero attached hydrogens (tertiary/aromatic N) is 1. The zero-order chi connectivity index (χ0) is 17.1. The zero-order valence-electron chi connectivity index (χ0n) is 12.6. The van der Waals surface area contributed by atoms with E-state index in [2.05, 4.69) is 0 Å². The van der Waals surface area contributed by atoms with Crippen molar-refractivity contribution in [2.45, 2.75) is 19.9 Å². The van der Waals surface area contributed by atoms with Gasteiger partial charge in [0.05, 0.1) is 0 Å². The highest BCUT2D eigenvalue weighted by Gasteiger charge is 2.23. The predicted molar refractivity (Wildman–Crippen MR) is 82.3 cm³/mol. The predicted octanol–water partition coefficient (Wildman–Crippen LogP) is 3.60. The van der Waals surface area contributed by atoms with Gasteiger partial charge in [-0.25, -0.2) is 9.18 Å². The van der Waals surface area contributed by atoms with Gasteiger partial charge >= 0.3 is 5.97 Å². The number of carbonyl (C=O) groups is 2. The summed E-state index contributed by atoms with van der Waals surface area (Å²) in [5.41, 5.74) is 0.215. The second-order valence-corrected chi connectivity index (χ2v) is 5.44. The zero-order valence-corrected chi connectivity index (χ0v) is 13.4. The fraction of sp³-hybridized carbons (Fsp3) is 0.250. The lowest BCUT2D eigenvalue weighted by molar-refractivity contribution is 0.0692. The smallest absolute Gasteiger partial charge is 0.339 e. The average molecular weight is 340 g/mol. The minimum absolute atomic E-state index is 0.0181. The summed E-state index contributed by atoms with van der Waals surface area (Å²) in [5.74, 6) is -2.04. The Morgan fingerprint density at radius 2 is 2.04 bits per heavy atom. The Hall–Kier alpha value is -2.34. The molecule has 7 heteroatoms. The lowest BCUT2D eigenvalue weighted by Gasteiger charge is -2.16. The second-order valence-electron chi connectivity index (χ2n) is 5.00. The van der Waals surface area contributed by atoms with Crippen molar-refractivity contribution in [3.05, 3.63) is 57.8 Å². The molecule has 1 amide bonds. The van der Waals surface area contributed by atoms with Crippen LogP contribution in [-0.4, -0.2) is 28.9 Å². The monoisotopic (exact) mass is 339 g/mol. The molecule has 23 heavy (non-hydrogen) atoms. The van der Waals surface area contributed by atoms with Crippen molar-refractivity contribution < 1.29 is 23.5 Å². The largest absolute Gasteiger partial charge is 0.478 e. The third kappa shape index (κ3) is 3.71. The van der Waals surface area contributed by atoms with E-state index in [0.717, 1.165) is 0 Å². The number of hydrogen-bond donors (Lipinski definition) is 1. The number of hydrogen-bond acceptors (Lipinski definition) is 3. The molecule has 1 N–H and O–H groups in total. The van der Waals surface area contributed by atoms with E-state index in [0.29, 0.717) is 11.4 Å². The summed E-state index contributed by atoms with van der Waals surface area (Å²) < 4.78 is 19.0. The Balaban J connectivity index is 2.23. The van der Waals surface area contributed by atoms with Gasteiger partial charge in [-0.2, -0.15) is 0 Å². The van der Waals surface area contributed by atoms with E-state index in [1.807, 2.05) is 0 Å². The van der Waals surface area contributed by atoms with Gasteiger partial charge in [0.1, 0.15) is 17.1 Å². The number of aryl methyl sites for hydroxylation is 1. The molecule has 122 valence electrons. The first-order valence-corrected chi connectivity index (χ1v) is 7.26. The number of halogens is 2. The lowest BCUT2D eigenvalue weighted by Crippen LogP contribution is -2.26. The highest BCUT2D eigenvalue weighted by molar-refractivity contribution is 6.30. The molecule has 0 radical (unpaired) electrons. The highest BCUT2D eigenvalue weighted by Crippen LogP contribution is 2.20. The fourth-order valence-electron chi connectivity index (χ4n) is 2.16. The molecule has 0 unspecified atom stereocenters. The molecule has 0 saturated heterocycles. The van der Waals surface area contributed by atoms with Crippen molar-refractivity contribution in [3.8, 4) is 0 Å². The molecule has 0 aliphatic rings. The van der Waals surface area contributed by atoms with Crippen LogP contribution in [0.4, 0.5) is 4.39 Å². The van der Waals surface area contributed by atoms with Crippen LogP contribution in [0.15, 0.2) is 28.7 Å². The molecule has 1 heterocycles. The molecule has 0 aliphatic heterocycles. The standard InChI is InChI=1S/C16H15ClFNO4/c1-3-13-11(16(21)22)7-14(23-13)15(20)19(2)8-9-6-10(17)4-5-12(9)18/h4-7H,3,8H2,1-2H3,(H,21,22). The van der Waals surface area contributed by atoms with Gasteiger partial charge in [-0.3, -0.25) is 4.79 Å². The van der Waals surface area contributed by atoms with Gasteiger partial charge in [0.25, 0.3) is 5.91 Å². The summed E-state index contributed by atoms with van der Waals surface area (Å²) in [7, 11) is 1.47. The summed E-state index contributed by atoms with van der Waals surface area (Å²) in [6.07, 6.45) is 0.349. The molecular formula is C16H15ClFNO4. The molecule has 0 atom stereocenters. The molecule has 1 aromatic heterocycles. The van der Waals surface area contributed by atoms with Gasteiger partial charge in [0, 0.05) is 36.7 Å². The molecule has 2 aromatic rings. The number of benzene rings is 1. The van der Waals surface area contributed by atoms with Crippen LogP contribution in [-0.2, 0) is 13.0 Å². The number of rotatable bonds is 5. The molecule has 0 saturated carbocycles. The minimum Gasteiger partial charge on any atom is -0.478 e. The van der Waals surface area contributed by atoms with Crippen LogP contribution in [0.3, 0.4) is 0 Å². The number of furan rings is 1. The van der Waals surface area contributed by atoms with Gasteiger partial charge in [0.2, 0.25) is 0 Å². The van der Waals surface area contributed by atoms with E-state index in [1.165, 1.54) is 36.2 Å². The summed E-state index contributed by atoms with van der Waals surface area (Å²) in [6.45, 7) is 1.71. The van der Waals surface area contributed by atoms with Crippen LogP contribution in [0.5, 0.6) is 0 Å². The topological polar surface area (TPSA) is 70.8 Å². The van der Waals surface area contributed by atoms with Gasteiger partial charge < -0.3 is 14.4 Å². The van der Waals surface area contributed by atoms with Crippen molar-refractivity contribution in [1.82, 2.24) is 4.90 Å². The highest BCUT2D eigenvalue weighted by atomic mass is 35.5. The van der Waals surface area contributed by atoms with Gasteiger partial charge in [-0.15, -0.1) is 0 Å². The van der Waals surface area contributed by atoms with Crippen molar-refractivity contribution in [3.63, 3.8) is 0 Å². The Morgan fingerprint density at radius 3 is 2.61 bits per heavy atom. The lowest BCUT2D eigenvalue weighted by atomic mass is 10.2. The third-order valence-corrected chi connectivity index (χ3v) is 3.57. The Morgan fingerprint density at radius 1 is 1.35 bits per heavy atom. The number of carboxylic acid groups (broad SMARTS) is 1. The summed E-state index contributed by atoms with van der Waals surface area (Å²) in [4.78, 5) is 24.7.